The Labute approximate surface area is 147 Å². The summed E-state index contributed by atoms with van der Waals surface area (Å²) >= 11 is 0. The van der Waals surface area contributed by atoms with Gasteiger partial charge in [0.05, 0.1) is 0 Å². The lowest BCUT2D eigenvalue weighted by Gasteiger charge is -2.35. The van der Waals surface area contributed by atoms with Crippen LogP contribution in [0.1, 0.15) is 85.5 Å². The van der Waals surface area contributed by atoms with Crippen molar-refractivity contribution in [3.8, 4) is 0 Å². The van der Waals surface area contributed by atoms with Crippen molar-refractivity contribution in [2.45, 2.75) is 97.1 Å². The lowest BCUT2D eigenvalue weighted by atomic mass is 10.0. The van der Waals surface area contributed by atoms with Gasteiger partial charge in [0.2, 0.25) is 5.91 Å². The van der Waals surface area contributed by atoms with Gasteiger partial charge in [0, 0.05) is 13.1 Å². The minimum atomic E-state index is -0.534. The molecule has 1 aliphatic heterocycles. The Morgan fingerprint density at radius 2 is 1.75 bits per heavy atom. The fourth-order valence-corrected chi connectivity index (χ4v) is 2.98. The van der Waals surface area contributed by atoms with E-state index in [0.717, 1.165) is 32.1 Å². The van der Waals surface area contributed by atoms with Crippen molar-refractivity contribution >= 4 is 12.0 Å². The number of unbranched alkanes of at least 4 members (excludes halogenated alkanes) is 5. The molecule has 1 N–H and O–H groups in total. The van der Waals surface area contributed by atoms with E-state index in [1.165, 1.54) is 25.7 Å². The maximum atomic E-state index is 12.5. The van der Waals surface area contributed by atoms with Gasteiger partial charge in [0.1, 0.15) is 11.6 Å². The van der Waals surface area contributed by atoms with E-state index in [4.69, 9.17) is 4.74 Å². The second-order valence-corrected chi connectivity index (χ2v) is 7.74. The van der Waals surface area contributed by atoms with Crippen LogP contribution in [0.3, 0.4) is 0 Å². The first-order valence-corrected chi connectivity index (χ1v) is 9.62. The molecule has 0 bridgehead atoms. The Bertz CT molecular complexity index is 391. The molecule has 0 aliphatic carbocycles. The number of hydrogen-bond acceptors (Lipinski definition) is 3. The third-order valence-corrected chi connectivity index (χ3v) is 4.26. The van der Waals surface area contributed by atoms with Crippen molar-refractivity contribution in [2.24, 2.45) is 0 Å². The molecule has 1 aliphatic rings. The van der Waals surface area contributed by atoms with E-state index in [-0.39, 0.29) is 18.0 Å². The summed E-state index contributed by atoms with van der Waals surface area (Å²) in [5.41, 5.74) is -0.534. The molecule has 2 amide bonds. The predicted octanol–water partition coefficient (Wildman–Crippen LogP) is 4.25. The first kappa shape index (κ1) is 20.8. The summed E-state index contributed by atoms with van der Waals surface area (Å²) in [6.45, 7) is 9.06. The van der Waals surface area contributed by atoms with Crippen LogP contribution in [0.2, 0.25) is 0 Å². The SMILES string of the molecule is CCCCCCCCNC(=O)[C@@H]1CCCCN1C(=O)OC(C)(C)C. The number of nitrogens with one attached hydrogen (secondary N) is 1. The Hall–Kier alpha value is -1.26. The molecule has 24 heavy (non-hydrogen) atoms. The Morgan fingerprint density at radius 3 is 2.42 bits per heavy atom. The predicted molar refractivity (Wildman–Crippen MR) is 97.0 cm³/mol. The normalized spacial score (nSPS) is 18.3. The number of amides is 2. The molecule has 5 nitrogen and oxygen atoms in total. The van der Waals surface area contributed by atoms with Crippen molar-refractivity contribution in [1.82, 2.24) is 10.2 Å². The third kappa shape index (κ3) is 8.02. The highest BCUT2D eigenvalue weighted by Crippen LogP contribution is 2.20. The smallest absolute Gasteiger partial charge is 0.410 e. The van der Waals surface area contributed by atoms with Crippen molar-refractivity contribution in [1.29, 1.82) is 0 Å². The standard InChI is InChI=1S/C19H36N2O3/c1-5-6-7-8-9-11-14-20-17(22)16-13-10-12-15-21(16)18(23)24-19(2,3)4/h16H,5-15H2,1-4H3,(H,20,22)/t16-/m0/s1. The molecule has 1 atom stereocenters. The summed E-state index contributed by atoms with van der Waals surface area (Å²) in [6.07, 6.45) is 9.47. The average molecular weight is 341 g/mol. The number of likely N-dealkylation sites (tertiary alicyclic amines) is 1. The Kier molecular flexibility index (Phi) is 9.16. The number of ether oxygens (including phenoxy) is 1. The van der Waals surface area contributed by atoms with Gasteiger partial charge in [0.25, 0.3) is 0 Å². The van der Waals surface area contributed by atoms with Crippen LogP contribution in [0.15, 0.2) is 0 Å². The van der Waals surface area contributed by atoms with Crippen molar-refractivity contribution in [3.05, 3.63) is 0 Å². The van der Waals surface area contributed by atoms with Crippen LogP contribution in [0.25, 0.3) is 0 Å². The topological polar surface area (TPSA) is 58.6 Å². The summed E-state index contributed by atoms with van der Waals surface area (Å²) in [6, 6.07) is -0.381. The van der Waals surface area contributed by atoms with Gasteiger partial charge in [-0.1, -0.05) is 39.0 Å². The molecule has 1 fully saturated rings. The van der Waals surface area contributed by atoms with Crippen LogP contribution in [0, 0.1) is 0 Å². The maximum Gasteiger partial charge on any atom is 0.410 e. The zero-order chi connectivity index (χ0) is 18.0. The summed E-state index contributed by atoms with van der Waals surface area (Å²) in [5, 5.41) is 3.00. The van der Waals surface area contributed by atoms with E-state index in [9.17, 15) is 9.59 Å². The van der Waals surface area contributed by atoms with Gasteiger partial charge in [-0.15, -0.1) is 0 Å². The maximum absolute atomic E-state index is 12.5. The van der Waals surface area contributed by atoms with Gasteiger partial charge in [-0.3, -0.25) is 9.69 Å². The number of carbonyl (C=O) groups is 2. The molecule has 0 aromatic heterocycles. The lowest BCUT2D eigenvalue weighted by molar-refractivity contribution is -0.127. The molecule has 140 valence electrons. The van der Waals surface area contributed by atoms with Crippen LogP contribution < -0.4 is 5.32 Å². The molecule has 0 aromatic rings. The summed E-state index contributed by atoms with van der Waals surface area (Å²) in [5.74, 6) is -0.0332. The summed E-state index contributed by atoms with van der Waals surface area (Å²) < 4.78 is 5.45. The van der Waals surface area contributed by atoms with E-state index < -0.39 is 5.60 Å². The van der Waals surface area contributed by atoms with Crippen molar-refractivity contribution in [2.75, 3.05) is 13.1 Å². The average Bonchev–Trinajstić information content (AvgIpc) is 2.52. The highest BCUT2D eigenvalue weighted by molar-refractivity contribution is 5.85. The van der Waals surface area contributed by atoms with Gasteiger partial charge in [-0.2, -0.15) is 0 Å². The number of rotatable bonds is 8. The van der Waals surface area contributed by atoms with E-state index >= 15 is 0 Å². The fraction of sp³-hybridized carbons (Fsp3) is 0.895. The molecule has 5 heteroatoms. The quantitative estimate of drug-likeness (QED) is 0.672. The second kappa shape index (κ2) is 10.6. The van der Waals surface area contributed by atoms with E-state index in [2.05, 4.69) is 12.2 Å². The lowest BCUT2D eigenvalue weighted by Crippen LogP contribution is -2.53. The molecule has 1 saturated heterocycles. The van der Waals surface area contributed by atoms with Crippen LogP contribution >= 0.6 is 0 Å². The third-order valence-electron chi connectivity index (χ3n) is 4.26. The summed E-state index contributed by atoms with van der Waals surface area (Å²) in [4.78, 5) is 26.4. The number of hydrogen-bond donors (Lipinski definition) is 1. The van der Waals surface area contributed by atoms with Gasteiger partial charge in [-0.05, 0) is 46.5 Å². The Morgan fingerprint density at radius 1 is 1.08 bits per heavy atom. The number of carbonyl (C=O) groups excluding carboxylic acids is 2. The van der Waals surface area contributed by atoms with Crippen molar-refractivity contribution in [3.63, 3.8) is 0 Å². The molecule has 0 radical (unpaired) electrons. The van der Waals surface area contributed by atoms with Gasteiger partial charge in [-0.25, -0.2) is 4.79 Å². The van der Waals surface area contributed by atoms with Crippen molar-refractivity contribution < 1.29 is 14.3 Å². The van der Waals surface area contributed by atoms with Gasteiger partial charge in [0.15, 0.2) is 0 Å². The van der Waals surface area contributed by atoms with Gasteiger partial charge < -0.3 is 10.1 Å². The number of piperidine rings is 1. The second-order valence-electron chi connectivity index (χ2n) is 7.74. The molecule has 1 rings (SSSR count). The van der Waals surface area contributed by atoms with Crippen LogP contribution in [0.4, 0.5) is 4.79 Å². The van der Waals surface area contributed by atoms with E-state index in [0.29, 0.717) is 13.1 Å². The largest absolute Gasteiger partial charge is 0.444 e. The monoisotopic (exact) mass is 340 g/mol. The first-order valence-electron chi connectivity index (χ1n) is 9.62. The minimum absolute atomic E-state index is 0.0332. The van der Waals surface area contributed by atoms with Crippen LogP contribution in [0.5, 0.6) is 0 Å². The molecule has 0 aromatic carbocycles. The fourth-order valence-electron chi connectivity index (χ4n) is 2.98. The molecule has 0 unspecified atom stereocenters. The minimum Gasteiger partial charge on any atom is -0.444 e. The zero-order valence-electron chi connectivity index (χ0n) is 16.0. The highest BCUT2D eigenvalue weighted by atomic mass is 16.6. The zero-order valence-corrected chi connectivity index (χ0v) is 16.0. The summed E-state index contributed by atoms with van der Waals surface area (Å²) in [7, 11) is 0. The van der Waals surface area contributed by atoms with E-state index in [1.54, 1.807) is 4.90 Å². The molecular formula is C19H36N2O3. The van der Waals surface area contributed by atoms with Crippen LogP contribution in [-0.2, 0) is 9.53 Å². The van der Waals surface area contributed by atoms with Gasteiger partial charge >= 0.3 is 6.09 Å². The molecule has 1 heterocycles. The molecule has 0 saturated carbocycles. The van der Waals surface area contributed by atoms with Crippen LogP contribution in [-0.4, -0.2) is 41.6 Å². The molecule has 0 spiro atoms. The molecular weight excluding hydrogens is 304 g/mol. The Balaban J connectivity index is 2.38. The highest BCUT2D eigenvalue weighted by Gasteiger charge is 2.34. The first-order chi connectivity index (χ1) is 11.3. The number of nitrogens with zero attached hydrogens (tertiary/aromatic N) is 1. The van der Waals surface area contributed by atoms with E-state index in [1.807, 2.05) is 20.8 Å².